The summed E-state index contributed by atoms with van der Waals surface area (Å²) >= 11 is 0. The highest BCUT2D eigenvalue weighted by molar-refractivity contribution is 5.01. The van der Waals surface area contributed by atoms with Crippen LogP contribution < -0.4 is 11.1 Å². The third-order valence-corrected chi connectivity index (χ3v) is 6.54. The summed E-state index contributed by atoms with van der Waals surface area (Å²) in [6.07, 6.45) is 11.8. The summed E-state index contributed by atoms with van der Waals surface area (Å²) in [6, 6.07) is 1.23. The third kappa shape index (κ3) is 1.92. The highest BCUT2D eigenvalue weighted by Gasteiger charge is 2.49. The smallest absolute Gasteiger partial charge is 0.0199 e. The molecule has 2 heteroatoms. The fraction of sp³-hybridized carbons (Fsp3) is 1.00. The lowest BCUT2D eigenvalue weighted by Gasteiger charge is -2.56. The SMILES string of the molecule is NC(CNC1CCC1)C1C2CC3CC(C2)CC1C3. The highest BCUT2D eigenvalue weighted by atomic mass is 15.0. The van der Waals surface area contributed by atoms with Gasteiger partial charge < -0.3 is 11.1 Å². The van der Waals surface area contributed by atoms with E-state index in [-0.39, 0.29) is 0 Å². The maximum Gasteiger partial charge on any atom is 0.0199 e. The summed E-state index contributed by atoms with van der Waals surface area (Å²) in [5, 5.41) is 3.70. The lowest BCUT2D eigenvalue weighted by Crippen LogP contribution is -2.55. The van der Waals surface area contributed by atoms with Crippen molar-refractivity contribution in [1.82, 2.24) is 5.32 Å². The fourth-order valence-electron chi connectivity index (χ4n) is 5.72. The van der Waals surface area contributed by atoms with Gasteiger partial charge in [-0.3, -0.25) is 0 Å². The van der Waals surface area contributed by atoms with Crippen LogP contribution in [-0.4, -0.2) is 18.6 Å². The van der Waals surface area contributed by atoms with E-state index in [0.717, 1.165) is 42.2 Å². The molecule has 0 aliphatic heterocycles. The zero-order chi connectivity index (χ0) is 12.1. The van der Waals surface area contributed by atoms with Gasteiger partial charge in [-0.1, -0.05) is 6.42 Å². The molecule has 0 aromatic heterocycles. The Bertz CT molecular complexity index is 282. The van der Waals surface area contributed by atoms with Gasteiger partial charge >= 0.3 is 0 Å². The van der Waals surface area contributed by atoms with E-state index in [9.17, 15) is 0 Å². The Kier molecular flexibility index (Phi) is 2.92. The van der Waals surface area contributed by atoms with Gasteiger partial charge in [0.2, 0.25) is 0 Å². The van der Waals surface area contributed by atoms with Crippen LogP contribution in [0, 0.1) is 29.6 Å². The van der Waals surface area contributed by atoms with Crippen LogP contribution in [0.4, 0.5) is 0 Å². The standard InChI is InChI=1S/C16H28N2/c17-15(9-18-14-2-1-3-14)16-12-5-10-4-11(7-12)8-13(16)6-10/h10-16,18H,1-9,17H2. The van der Waals surface area contributed by atoms with Gasteiger partial charge in [0.1, 0.15) is 0 Å². The summed E-state index contributed by atoms with van der Waals surface area (Å²) in [7, 11) is 0. The summed E-state index contributed by atoms with van der Waals surface area (Å²) in [6.45, 7) is 1.08. The molecular weight excluding hydrogens is 220 g/mol. The average molecular weight is 248 g/mol. The maximum atomic E-state index is 6.56. The van der Waals surface area contributed by atoms with E-state index < -0.39 is 0 Å². The Balaban J connectivity index is 1.38. The van der Waals surface area contributed by atoms with Crippen molar-refractivity contribution >= 4 is 0 Å². The predicted molar refractivity (Wildman–Crippen MR) is 74.2 cm³/mol. The minimum Gasteiger partial charge on any atom is -0.326 e. The molecule has 18 heavy (non-hydrogen) atoms. The first kappa shape index (κ1) is 11.7. The minimum atomic E-state index is 0.431. The van der Waals surface area contributed by atoms with E-state index in [2.05, 4.69) is 5.32 Å². The molecule has 5 aliphatic rings. The maximum absolute atomic E-state index is 6.56. The predicted octanol–water partition coefficient (Wildman–Crippen LogP) is 2.53. The first-order chi connectivity index (χ1) is 8.79. The topological polar surface area (TPSA) is 38.0 Å². The van der Waals surface area contributed by atoms with Crippen molar-refractivity contribution < 1.29 is 0 Å². The van der Waals surface area contributed by atoms with Gasteiger partial charge in [-0.05, 0) is 74.5 Å². The van der Waals surface area contributed by atoms with E-state index in [1.807, 2.05) is 0 Å². The van der Waals surface area contributed by atoms with Gasteiger partial charge in [-0.15, -0.1) is 0 Å². The van der Waals surface area contributed by atoms with Gasteiger partial charge in [0, 0.05) is 18.6 Å². The van der Waals surface area contributed by atoms with Crippen molar-refractivity contribution in [1.29, 1.82) is 0 Å². The van der Waals surface area contributed by atoms with Crippen LogP contribution in [0.5, 0.6) is 0 Å². The van der Waals surface area contributed by atoms with E-state index in [1.54, 1.807) is 6.42 Å². The summed E-state index contributed by atoms with van der Waals surface area (Å²) in [5.74, 6) is 4.98. The Morgan fingerprint density at radius 3 is 2.06 bits per heavy atom. The molecule has 4 bridgehead atoms. The van der Waals surface area contributed by atoms with E-state index >= 15 is 0 Å². The second-order valence-electron chi connectivity index (χ2n) is 7.71. The Hall–Kier alpha value is -0.0800. The average Bonchev–Trinajstić information content (AvgIpc) is 2.25. The van der Waals surface area contributed by atoms with Crippen molar-refractivity contribution in [2.24, 2.45) is 35.3 Å². The van der Waals surface area contributed by atoms with E-state index in [0.29, 0.717) is 6.04 Å². The molecule has 0 radical (unpaired) electrons. The second kappa shape index (κ2) is 4.49. The summed E-state index contributed by atoms with van der Waals surface area (Å²) < 4.78 is 0. The van der Waals surface area contributed by atoms with Gasteiger partial charge in [-0.2, -0.15) is 0 Å². The van der Waals surface area contributed by atoms with E-state index in [1.165, 1.54) is 44.9 Å². The molecule has 0 aromatic rings. The number of nitrogens with one attached hydrogen (secondary N) is 1. The molecule has 102 valence electrons. The van der Waals surface area contributed by atoms with Crippen LogP contribution in [0.3, 0.4) is 0 Å². The molecule has 2 nitrogen and oxygen atoms in total. The van der Waals surface area contributed by atoms with Crippen LogP contribution >= 0.6 is 0 Å². The van der Waals surface area contributed by atoms with Crippen LogP contribution in [0.15, 0.2) is 0 Å². The lowest BCUT2D eigenvalue weighted by atomic mass is 9.50. The number of hydrogen-bond acceptors (Lipinski definition) is 2. The van der Waals surface area contributed by atoms with Crippen molar-refractivity contribution in [2.75, 3.05) is 6.54 Å². The zero-order valence-electron chi connectivity index (χ0n) is 11.5. The van der Waals surface area contributed by atoms with Crippen LogP contribution in [0.2, 0.25) is 0 Å². The van der Waals surface area contributed by atoms with Crippen molar-refractivity contribution in [3.05, 3.63) is 0 Å². The Morgan fingerprint density at radius 2 is 1.56 bits per heavy atom. The van der Waals surface area contributed by atoms with Crippen LogP contribution in [0.1, 0.15) is 51.4 Å². The minimum absolute atomic E-state index is 0.431. The zero-order valence-corrected chi connectivity index (χ0v) is 11.5. The van der Waals surface area contributed by atoms with Gasteiger partial charge in [0.25, 0.3) is 0 Å². The van der Waals surface area contributed by atoms with Crippen molar-refractivity contribution in [2.45, 2.75) is 63.5 Å². The van der Waals surface area contributed by atoms with Gasteiger partial charge in [0.15, 0.2) is 0 Å². The number of hydrogen-bond donors (Lipinski definition) is 2. The lowest BCUT2D eigenvalue weighted by molar-refractivity contribution is -0.0467. The molecule has 0 aromatic carbocycles. The largest absolute Gasteiger partial charge is 0.326 e. The first-order valence-electron chi connectivity index (χ1n) is 8.28. The van der Waals surface area contributed by atoms with Crippen molar-refractivity contribution in [3.8, 4) is 0 Å². The molecule has 0 heterocycles. The molecule has 5 aliphatic carbocycles. The fourth-order valence-corrected chi connectivity index (χ4v) is 5.72. The molecule has 0 saturated heterocycles. The molecule has 0 amide bonds. The number of nitrogens with two attached hydrogens (primary N) is 1. The molecule has 0 spiro atoms. The molecule has 5 rings (SSSR count). The summed E-state index contributed by atoms with van der Waals surface area (Å²) in [4.78, 5) is 0. The normalized spacial score (nSPS) is 48.2. The molecular formula is C16H28N2. The Morgan fingerprint density at radius 1 is 0.944 bits per heavy atom. The van der Waals surface area contributed by atoms with Crippen LogP contribution in [0.25, 0.3) is 0 Å². The summed E-state index contributed by atoms with van der Waals surface area (Å²) in [5.41, 5.74) is 6.56. The monoisotopic (exact) mass is 248 g/mol. The molecule has 1 atom stereocenters. The molecule has 1 unspecified atom stereocenters. The van der Waals surface area contributed by atoms with E-state index in [4.69, 9.17) is 5.73 Å². The number of rotatable bonds is 4. The third-order valence-electron chi connectivity index (χ3n) is 6.54. The highest BCUT2D eigenvalue weighted by Crippen LogP contribution is 2.57. The first-order valence-corrected chi connectivity index (χ1v) is 8.28. The molecule has 5 saturated carbocycles. The van der Waals surface area contributed by atoms with Gasteiger partial charge in [0.05, 0.1) is 0 Å². The van der Waals surface area contributed by atoms with Gasteiger partial charge in [-0.25, -0.2) is 0 Å². The second-order valence-corrected chi connectivity index (χ2v) is 7.71. The molecule has 3 N–H and O–H groups in total. The quantitative estimate of drug-likeness (QED) is 0.802. The Labute approximate surface area is 111 Å². The molecule has 5 fully saturated rings. The van der Waals surface area contributed by atoms with Crippen LogP contribution in [-0.2, 0) is 0 Å². The van der Waals surface area contributed by atoms with Crippen molar-refractivity contribution in [3.63, 3.8) is 0 Å².